The number of benzene rings is 2. The molecule has 0 unspecified atom stereocenters. The number of aryl methyl sites for hydroxylation is 1. The minimum atomic E-state index is 0.163. The number of hydrogen-bond donors (Lipinski definition) is 2. The third-order valence-electron chi connectivity index (χ3n) is 4.52. The molecule has 2 aromatic carbocycles. The van der Waals surface area contributed by atoms with E-state index in [-0.39, 0.29) is 5.95 Å². The van der Waals surface area contributed by atoms with Crippen LogP contribution in [-0.2, 0) is 12.2 Å². The van der Waals surface area contributed by atoms with Crippen LogP contribution in [0, 0.1) is 0 Å². The largest absolute Gasteiger partial charge is 0.497 e. The van der Waals surface area contributed by atoms with Gasteiger partial charge in [0.25, 0.3) is 0 Å². The molecule has 31 heavy (non-hydrogen) atoms. The highest BCUT2D eigenvalue weighted by molar-refractivity contribution is 7.98. The lowest BCUT2D eigenvalue weighted by atomic mass is 10.1. The number of nitrogens with two attached hydrogens (primary N) is 1. The number of nitrogen functional groups attached to an aromatic ring is 1. The fourth-order valence-electron chi connectivity index (χ4n) is 3.02. The SMILES string of the molecule is CCc1ccccc1Nc1nc(N)nc(CSc2nncn2-c2cccc(OC)c2)n1. The van der Waals surface area contributed by atoms with E-state index in [0.717, 1.165) is 23.5 Å². The van der Waals surface area contributed by atoms with E-state index in [0.29, 0.717) is 22.7 Å². The van der Waals surface area contributed by atoms with Crippen LogP contribution in [0.25, 0.3) is 5.69 Å². The van der Waals surface area contributed by atoms with Gasteiger partial charge in [-0.1, -0.05) is 43.0 Å². The topological polar surface area (TPSA) is 117 Å². The van der Waals surface area contributed by atoms with Crippen LogP contribution in [0.15, 0.2) is 60.0 Å². The number of methoxy groups -OCH3 is 1. The molecule has 2 aromatic heterocycles. The maximum absolute atomic E-state index is 5.93. The smallest absolute Gasteiger partial charge is 0.232 e. The van der Waals surface area contributed by atoms with Gasteiger partial charge in [-0.25, -0.2) is 0 Å². The van der Waals surface area contributed by atoms with Crippen molar-refractivity contribution < 1.29 is 4.74 Å². The third-order valence-corrected chi connectivity index (χ3v) is 5.46. The van der Waals surface area contributed by atoms with Crippen LogP contribution in [0.1, 0.15) is 18.3 Å². The summed E-state index contributed by atoms with van der Waals surface area (Å²) in [6.45, 7) is 2.10. The lowest BCUT2D eigenvalue weighted by molar-refractivity contribution is 0.414. The molecule has 10 heteroatoms. The molecular weight excluding hydrogens is 412 g/mol. The number of rotatable bonds is 8. The average molecular weight is 435 g/mol. The normalized spacial score (nSPS) is 10.8. The molecule has 0 aliphatic rings. The summed E-state index contributed by atoms with van der Waals surface area (Å²) in [5.41, 5.74) is 8.95. The highest BCUT2D eigenvalue weighted by Gasteiger charge is 2.12. The number of aromatic nitrogens is 6. The predicted molar refractivity (Wildman–Crippen MR) is 121 cm³/mol. The first-order chi connectivity index (χ1) is 15.2. The van der Waals surface area contributed by atoms with Crippen LogP contribution in [0.4, 0.5) is 17.6 Å². The molecule has 2 heterocycles. The van der Waals surface area contributed by atoms with Crippen molar-refractivity contribution in [2.24, 2.45) is 0 Å². The van der Waals surface area contributed by atoms with Crippen LogP contribution in [0.2, 0.25) is 0 Å². The second-order valence-electron chi connectivity index (χ2n) is 6.54. The van der Waals surface area contributed by atoms with E-state index in [1.54, 1.807) is 13.4 Å². The Hall–Kier alpha value is -3.66. The molecule has 0 saturated carbocycles. The van der Waals surface area contributed by atoms with Gasteiger partial charge in [0.2, 0.25) is 11.9 Å². The lowest BCUT2D eigenvalue weighted by Gasteiger charge is -2.11. The molecule has 0 fully saturated rings. The number of nitrogens with zero attached hydrogens (tertiary/aromatic N) is 6. The summed E-state index contributed by atoms with van der Waals surface area (Å²) in [4.78, 5) is 13.0. The third kappa shape index (κ3) is 4.92. The molecule has 0 aliphatic carbocycles. The summed E-state index contributed by atoms with van der Waals surface area (Å²) >= 11 is 1.46. The van der Waals surface area contributed by atoms with Crippen molar-refractivity contribution in [3.63, 3.8) is 0 Å². The van der Waals surface area contributed by atoms with Gasteiger partial charge >= 0.3 is 0 Å². The van der Waals surface area contributed by atoms with E-state index >= 15 is 0 Å². The standard InChI is InChI=1S/C21H22N8OS/c1-3-14-7-4-5-10-17(14)24-20-26-18(25-19(22)27-20)12-31-21-28-23-13-29(21)15-8-6-9-16(11-15)30-2/h4-11,13H,3,12H2,1-2H3,(H3,22,24,25,26,27). The van der Waals surface area contributed by atoms with Crippen LogP contribution in [0.5, 0.6) is 5.75 Å². The van der Waals surface area contributed by atoms with Gasteiger partial charge in [0.05, 0.1) is 18.6 Å². The number of hydrogen-bond acceptors (Lipinski definition) is 9. The van der Waals surface area contributed by atoms with Gasteiger partial charge in [0.15, 0.2) is 5.16 Å². The minimum absolute atomic E-state index is 0.163. The van der Waals surface area contributed by atoms with Gasteiger partial charge in [-0.3, -0.25) is 4.57 Å². The highest BCUT2D eigenvalue weighted by Crippen LogP contribution is 2.25. The van der Waals surface area contributed by atoms with Gasteiger partial charge in [-0.15, -0.1) is 10.2 Å². The molecule has 3 N–H and O–H groups in total. The van der Waals surface area contributed by atoms with Crippen molar-refractivity contribution in [3.05, 3.63) is 66.2 Å². The van der Waals surface area contributed by atoms with Crippen molar-refractivity contribution >= 4 is 29.3 Å². The molecule has 9 nitrogen and oxygen atoms in total. The molecular formula is C21H22N8OS. The zero-order valence-electron chi connectivity index (χ0n) is 17.2. The zero-order chi connectivity index (χ0) is 21.6. The van der Waals surface area contributed by atoms with Gasteiger partial charge < -0.3 is 15.8 Å². The summed E-state index contributed by atoms with van der Waals surface area (Å²) in [7, 11) is 1.64. The van der Waals surface area contributed by atoms with E-state index in [4.69, 9.17) is 10.5 Å². The Labute approximate surface area is 184 Å². The Bertz CT molecular complexity index is 1180. The second-order valence-corrected chi connectivity index (χ2v) is 7.49. The van der Waals surface area contributed by atoms with E-state index in [9.17, 15) is 0 Å². The number of nitrogens with one attached hydrogen (secondary N) is 1. The number of para-hydroxylation sites is 1. The van der Waals surface area contributed by atoms with E-state index in [2.05, 4.69) is 43.5 Å². The van der Waals surface area contributed by atoms with Gasteiger partial charge in [0.1, 0.15) is 17.9 Å². The van der Waals surface area contributed by atoms with Gasteiger partial charge in [-0.05, 0) is 30.2 Å². The summed E-state index contributed by atoms with van der Waals surface area (Å²) in [6.07, 6.45) is 2.56. The van der Waals surface area contributed by atoms with Crippen LogP contribution in [0.3, 0.4) is 0 Å². The van der Waals surface area contributed by atoms with Gasteiger partial charge in [0, 0.05) is 11.8 Å². The predicted octanol–water partition coefficient (Wildman–Crippen LogP) is 3.64. The monoisotopic (exact) mass is 434 g/mol. The fraction of sp³-hybridized carbons (Fsp3) is 0.190. The Morgan fingerprint density at radius 3 is 2.81 bits per heavy atom. The molecule has 158 valence electrons. The summed E-state index contributed by atoms with van der Waals surface area (Å²) in [5, 5.41) is 12.2. The Balaban J connectivity index is 1.52. The Morgan fingerprint density at radius 2 is 1.97 bits per heavy atom. The van der Waals surface area contributed by atoms with Crippen molar-refractivity contribution in [2.75, 3.05) is 18.2 Å². The van der Waals surface area contributed by atoms with Gasteiger partial charge in [-0.2, -0.15) is 15.0 Å². The fourth-order valence-corrected chi connectivity index (χ4v) is 3.80. The zero-order valence-corrected chi connectivity index (χ0v) is 18.0. The molecule has 0 saturated heterocycles. The highest BCUT2D eigenvalue weighted by atomic mass is 32.2. The Kier molecular flexibility index (Phi) is 6.27. The summed E-state index contributed by atoms with van der Waals surface area (Å²) < 4.78 is 7.19. The molecule has 0 aliphatic heterocycles. The first kappa shape index (κ1) is 20.6. The molecule has 4 aromatic rings. The van der Waals surface area contributed by atoms with E-state index < -0.39 is 0 Å². The quantitative estimate of drug-likeness (QED) is 0.401. The van der Waals surface area contributed by atoms with Crippen molar-refractivity contribution in [2.45, 2.75) is 24.3 Å². The molecule has 0 spiro atoms. The van der Waals surface area contributed by atoms with E-state index in [1.165, 1.54) is 17.3 Å². The van der Waals surface area contributed by atoms with E-state index in [1.807, 2.05) is 47.0 Å². The number of ether oxygens (including phenoxy) is 1. The van der Waals surface area contributed by atoms with Crippen LogP contribution < -0.4 is 15.8 Å². The molecule has 0 bridgehead atoms. The van der Waals surface area contributed by atoms with Crippen LogP contribution in [-0.4, -0.2) is 36.8 Å². The molecule has 0 radical (unpaired) electrons. The summed E-state index contributed by atoms with van der Waals surface area (Å²) in [6, 6.07) is 15.7. The maximum Gasteiger partial charge on any atom is 0.232 e. The van der Waals surface area contributed by atoms with Crippen molar-refractivity contribution in [1.29, 1.82) is 0 Å². The number of thioether (sulfide) groups is 1. The molecule has 0 atom stereocenters. The first-order valence-corrected chi connectivity index (χ1v) is 10.7. The van der Waals surface area contributed by atoms with Crippen molar-refractivity contribution in [1.82, 2.24) is 29.7 Å². The first-order valence-electron chi connectivity index (χ1n) is 9.69. The lowest BCUT2D eigenvalue weighted by Crippen LogP contribution is -2.07. The summed E-state index contributed by atoms with van der Waals surface area (Å²) in [5.74, 6) is 2.35. The van der Waals surface area contributed by atoms with Crippen LogP contribution >= 0.6 is 11.8 Å². The number of anilines is 3. The average Bonchev–Trinajstić information content (AvgIpc) is 3.26. The molecule has 4 rings (SSSR count). The Morgan fingerprint density at radius 1 is 1.10 bits per heavy atom. The second kappa shape index (κ2) is 9.43. The van der Waals surface area contributed by atoms with Crippen molar-refractivity contribution in [3.8, 4) is 11.4 Å². The molecule has 0 amide bonds. The maximum atomic E-state index is 5.93. The minimum Gasteiger partial charge on any atom is -0.497 e.